The Morgan fingerprint density at radius 1 is 0.706 bits per heavy atom. The van der Waals surface area contributed by atoms with E-state index in [4.69, 9.17) is 5.11 Å². The Hall–Kier alpha value is -0.0800. The van der Waals surface area contributed by atoms with Gasteiger partial charge in [-0.15, -0.1) is 0 Å². The summed E-state index contributed by atoms with van der Waals surface area (Å²) in [5.41, 5.74) is 0. The third-order valence-electron chi connectivity index (χ3n) is 3.34. The zero-order valence-corrected chi connectivity index (χ0v) is 11.7. The molecule has 104 valence electrons. The van der Waals surface area contributed by atoms with Crippen LogP contribution in [0, 0.1) is 0 Å². The number of hydrogen-bond donors (Lipinski definition) is 2. The third-order valence-corrected chi connectivity index (χ3v) is 3.34. The van der Waals surface area contributed by atoms with Gasteiger partial charge in [-0.05, 0) is 19.3 Å². The standard InChI is InChI=1S/C15H32O2/c1-2-3-4-9-12-15(17)13-10-7-5-6-8-11-14-16/h15-17H,2-14H2,1H3. The van der Waals surface area contributed by atoms with Gasteiger partial charge in [0.15, 0.2) is 0 Å². The molecule has 0 fully saturated rings. The molecule has 1 atom stereocenters. The lowest BCUT2D eigenvalue weighted by atomic mass is 10.0. The normalized spacial score (nSPS) is 12.9. The van der Waals surface area contributed by atoms with Gasteiger partial charge in [0.2, 0.25) is 0 Å². The second-order valence-electron chi connectivity index (χ2n) is 5.14. The fraction of sp³-hybridized carbons (Fsp3) is 1.00. The summed E-state index contributed by atoms with van der Waals surface area (Å²) in [5.74, 6) is 0. The molecule has 0 saturated carbocycles. The molecule has 0 rings (SSSR count). The van der Waals surface area contributed by atoms with Gasteiger partial charge in [-0.3, -0.25) is 0 Å². The van der Waals surface area contributed by atoms with Crippen molar-refractivity contribution < 1.29 is 10.2 Å². The van der Waals surface area contributed by atoms with Crippen LogP contribution in [0.15, 0.2) is 0 Å². The van der Waals surface area contributed by atoms with E-state index in [1.807, 2.05) is 0 Å². The first-order valence-corrected chi connectivity index (χ1v) is 7.60. The number of rotatable bonds is 13. The van der Waals surface area contributed by atoms with Gasteiger partial charge >= 0.3 is 0 Å². The second-order valence-corrected chi connectivity index (χ2v) is 5.14. The highest BCUT2D eigenvalue weighted by Crippen LogP contribution is 2.13. The van der Waals surface area contributed by atoms with Gasteiger partial charge in [0.25, 0.3) is 0 Å². The quantitative estimate of drug-likeness (QED) is 0.480. The average molecular weight is 244 g/mol. The Kier molecular flexibility index (Phi) is 13.9. The highest BCUT2D eigenvalue weighted by atomic mass is 16.3. The van der Waals surface area contributed by atoms with Crippen LogP contribution in [0.2, 0.25) is 0 Å². The molecule has 17 heavy (non-hydrogen) atoms. The van der Waals surface area contributed by atoms with Crippen LogP contribution < -0.4 is 0 Å². The SMILES string of the molecule is CCCCCCC(O)CCCCCCCCO. The molecule has 2 N–H and O–H groups in total. The maximum absolute atomic E-state index is 9.76. The molecule has 0 spiro atoms. The van der Waals surface area contributed by atoms with E-state index in [1.165, 1.54) is 44.9 Å². The van der Waals surface area contributed by atoms with E-state index < -0.39 is 0 Å². The van der Waals surface area contributed by atoms with Gasteiger partial charge in [-0.25, -0.2) is 0 Å². The third kappa shape index (κ3) is 13.9. The minimum Gasteiger partial charge on any atom is -0.396 e. The van der Waals surface area contributed by atoms with E-state index >= 15 is 0 Å². The minimum absolute atomic E-state index is 0.0655. The van der Waals surface area contributed by atoms with Gasteiger partial charge in [-0.1, -0.05) is 64.7 Å². The van der Waals surface area contributed by atoms with Crippen LogP contribution >= 0.6 is 0 Å². The van der Waals surface area contributed by atoms with Crippen LogP contribution in [-0.2, 0) is 0 Å². The van der Waals surface area contributed by atoms with Crippen molar-refractivity contribution in [3.63, 3.8) is 0 Å². The van der Waals surface area contributed by atoms with Gasteiger partial charge in [0.1, 0.15) is 0 Å². The Bertz CT molecular complexity index is 137. The molecule has 2 nitrogen and oxygen atoms in total. The van der Waals surface area contributed by atoms with E-state index in [2.05, 4.69) is 6.92 Å². The van der Waals surface area contributed by atoms with Crippen LogP contribution in [0.5, 0.6) is 0 Å². The first-order chi connectivity index (χ1) is 8.31. The summed E-state index contributed by atoms with van der Waals surface area (Å²) in [6.45, 7) is 2.55. The average Bonchev–Trinajstić information content (AvgIpc) is 2.33. The summed E-state index contributed by atoms with van der Waals surface area (Å²) < 4.78 is 0. The molecule has 0 saturated heterocycles. The molecule has 0 heterocycles. The second kappa shape index (κ2) is 14.0. The monoisotopic (exact) mass is 244 g/mol. The highest BCUT2D eigenvalue weighted by Gasteiger charge is 2.03. The smallest absolute Gasteiger partial charge is 0.0540 e. The maximum Gasteiger partial charge on any atom is 0.0540 e. The first-order valence-electron chi connectivity index (χ1n) is 7.60. The summed E-state index contributed by atoms with van der Waals surface area (Å²) in [7, 11) is 0. The number of unbranched alkanes of at least 4 members (excludes halogenated alkanes) is 8. The molecule has 0 aromatic heterocycles. The van der Waals surface area contributed by atoms with Gasteiger partial charge in [0, 0.05) is 6.61 Å². The van der Waals surface area contributed by atoms with E-state index in [1.54, 1.807) is 0 Å². The molecule has 0 amide bonds. The zero-order chi connectivity index (χ0) is 12.8. The van der Waals surface area contributed by atoms with Crippen LogP contribution in [0.3, 0.4) is 0 Å². The molecular weight excluding hydrogens is 212 g/mol. The Morgan fingerprint density at radius 3 is 1.71 bits per heavy atom. The van der Waals surface area contributed by atoms with Crippen molar-refractivity contribution in [3.05, 3.63) is 0 Å². The molecule has 0 radical (unpaired) electrons. The molecule has 0 aromatic rings. The number of hydrogen-bond acceptors (Lipinski definition) is 2. The highest BCUT2D eigenvalue weighted by molar-refractivity contribution is 4.57. The van der Waals surface area contributed by atoms with Gasteiger partial charge in [0.05, 0.1) is 6.10 Å². The van der Waals surface area contributed by atoms with Crippen molar-refractivity contribution in [2.24, 2.45) is 0 Å². The summed E-state index contributed by atoms with van der Waals surface area (Å²) in [6.07, 6.45) is 13.9. The molecule has 0 aliphatic carbocycles. The molecule has 0 aliphatic heterocycles. The van der Waals surface area contributed by atoms with Crippen molar-refractivity contribution >= 4 is 0 Å². The van der Waals surface area contributed by atoms with E-state index in [0.29, 0.717) is 6.61 Å². The summed E-state index contributed by atoms with van der Waals surface area (Å²) in [6, 6.07) is 0. The van der Waals surface area contributed by atoms with Crippen LogP contribution in [-0.4, -0.2) is 22.9 Å². The predicted octanol–water partition coefficient (Wildman–Crippen LogP) is 4.04. The van der Waals surface area contributed by atoms with Crippen LogP contribution in [0.4, 0.5) is 0 Å². The lowest BCUT2D eigenvalue weighted by Gasteiger charge is -2.09. The molecule has 0 aromatic carbocycles. The summed E-state index contributed by atoms with van der Waals surface area (Å²) >= 11 is 0. The lowest BCUT2D eigenvalue weighted by molar-refractivity contribution is 0.147. The number of aliphatic hydroxyl groups is 2. The zero-order valence-electron chi connectivity index (χ0n) is 11.7. The van der Waals surface area contributed by atoms with Gasteiger partial charge < -0.3 is 10.2 Å². The van der Waals surface area contributed by atoms with E-state index in [0.717, 1.165) is 32.1 Å². The molecule has 1 unspecified atom stereocenters. The minimum atomic E-state index is -0.0655. The predicted molar refractivity (Wildman–Crippen MR) is 74.2 cm³/mol. The van der Waals surface area contributed by atoms with Crippen molar-refractivity contribution in [2.45, 2.75) is 90.1 Å². The Labute approximate surface area is 107 Å². The van der Waals surface area contributed by atoms with Crippen LogP contribution in [0.25, 0.3) is 0 Å². The van der Waals surface area contributed by atoms with Crippen molar-refractivity contribution in [1.29, 1.82) is 0 Å². The Morgan fingerprint density at radius 2 is 1.18 bits per heavy atom. The maximum atomic E-state index is 9.76. The lowest BCUT2D eigenvalue weighted by Crippen LogP contribution is -2.05. The van der Waals surface area contributed by atoms with Crippen molar-refractivity contribution in [2.75, 3.05) is 6.61 Å². The topological polar surface area (TPSA) is 40.5 Å². The van der Waals surface area contributed by atoms with Crippen molar-refractivity contribution in [1.82, 2.24) is 0 Å². The van der Waals surface area contributed by atoms with Crippen molar-refractivity contribution in [3.8, 4) is 0 Å². The fourth-order valence-electron chi connectivity index (χ4n) is 2.15. The first kappa shape index (κ1) is 16.9. The molecule has 0 bridgehead atoms. The molecule has 0 aliphatic rings. The summed E-state index contributed by atoms with van der Waals surface area (Å²) in [4.78, 5) is 0. The molecule has 2 heteroatoms. The van der Waals surface area contributed by atoms with E-state index in [9.17, 15) is 5.11 Å². The summed E-state index contributed by atoms with van der Waals surface area (Å²) in [5, 5.41) is 18.4. The number of aliphatic hydroxyl groups excluding tert-OH is 2. The largest absolute Gasteiger partial charge is 0.396 e. The fourth-order valence-corrected chi connectivity index (χ4v) is 2.15. The van der Waals surface area contributed by atoms with Crippen LogP contribution in [0.1, 0.15) is 84.0 Å². The Balaban J connectivity index is 3.08. The van der Waals surface area contributed by atoms with E-state index in [-0.39, 0.29) is 6.10 Å². The molecular formula is C15H32O2. The van der Waals surface area contributed by atoms with Gasteiger partial charge in [-0.2, -0.15) is 0 Å².